The van der Waals surface area contributed by atoms with E-state index in [0.29, 0.717) is 17.6 Å². The standard InChI is InChI=1S/C12H15NO/c14-12-10-5-2-1-4-8(10)9-6-3-7-13-11(9)12/h1-2,5,8-9,11,13H,3-4,6-7H2. The van der Waals surface area contributed by atoms with E-state index in [1.807, 2.05) is 12.2 Å². The van der Waals surface area contributed by atoms with Gasteiger partial charge in [-0.25, -0.2) is 0 Å². The maximum absolute atomic E-state index is 12.0. The lowest BCUT2D eigenvalue weighted by atomic mass is 9.82. The lowest BCUT2D eigenvalue weighted by molar-refractivity contribution is -0.117. The molecule has 0 aromatic rings. The number of rotatable bonds is 0. The monoisotopic (exact) mass is 189 g/mol. The molecule has 3 rings (SSSR count). The van der Waals surface area contributed by atoms with E-state index < -0.39 is 0 Å². The molecule has 2 aliphatic carbocycles. The molecule has 2 heteroatoms. The molecule has 1 saturated heterocycles. The van der Waals surface area contributed by atoms with E-state index >= 15 is 0 Å². The van der Waals surface area contributed by atoms with E-state index in [2.05, 4.69) is 11.4 Å². The van der Waals surface area contributed by atoms with Crippen LogP contribution in [0.1, 0.15) is 19.3 Å². The van der Waals surface area contributed by atoms with Crippen LogP contribution >= 0.6 is 0 Å². The van der Waals surface area contributed by atoms with Crippen LogP contribution in [0, 0.1) is 11.8 Å². The first-order valence-corrected chi connectivity index (χ1v) is 5.52. The van der Waals surface area contributed by atoms with Crippen LogP contribution in [0.5, 0.6) is 0 Å². The maximum atomic E-state index is 12.0. The van der Waals surface area contributed by atoms with Gasteiger partial charge in [-0.05, 0) is 37.6 Å². The molecule has 2 fully saturated rings. The highest BCUT2D eigenvalue weighted by Gasteiger charge is 2.46. The highest BCUT2D eigenvalue weighted by molar-refractivity contribution is 6.03. The zero-order chi connectivity index (χ0) is 9.54. The molecule has 3 unspecified atom stereocenters. The van der Waals surface area contributed by atoms with Gasteiger partial charge in [0.2, 0.25) is 0 Å². The van der Waals surface area contributed by atoms with Gasteiger partial charge in [-0.1, -0.05) is 18.2 Å². The van der Waals surface area contributed by atoms with Gasteiger partial charge in [0.1, 0.15) is 0 Å². The summed E-state index contributed by atoms with van der Waals surface area (Å²) in [5, 5.41) is 3.37. The van der Waals surface area contributed by atoms with Crippen LogP contribution in [0.25, 0.3) is 0 Å². The Morgan fingerprint density at radius 2 is 2.36 bits per heavy atom. The van der Waals surface area contributed by atoms with Crippen molar-refractivity contribution in [2.45, 2.75) is 25.3 Å². The van der Waals surface area contributed by atoms with Crippen molar-refractivity contribution in [3.05, 3.63) is 23.8 Å². The van der Waals surface area contributed by atoms with Crippen molar-refractivity contribution in [2.24, 2.45) is 11.8 Å². The molecule has 0 radical (unpaired) electrons. The van der Waals surface area contributed by atoms with Crippen molar-refractivity contribution < 1.29 is 4.79 Å². The Morgan fingerprint density at radius 1 is 1.43 bits per heavy atom. The highest BCUT2D eigenvalue weighted by Crippen LogP contribution is 2.42. The van der Waals surface area contributed by atoms with E-state index in [-0.39, 0.29) is 6.04 Å². The number of carbonyl (C=O) groups excluding carboxylic acids is 1. The minimum atomic E-state index is 0.139. The Kier molecular flexibility index (Phi) is 1.84. The van der Waals surface area contributed by atoms with Crippen molar-refractivity contribution in [3.63, 3.8) is 0 Å². The summed E-state index contributed by atoms with van der Waals surface area (Å²) in [6.07, 6.45) is 9.76. The molecular formula is C12H15NO. The summed E-state index contributed by atoms with van der Waals surface area (Å²) in [6, 6.07) is 0.139. The van der Waals surface area contributed by atoms with Gasteiger partial charge in [-0.15, -0.1) is 0 Å². The van der Waals surface area contributed by atoms with E-state index in [1.54, 1.807) is 0 Å². The van der Waals surface area contributed by atoms with Gasteiger partial charge in [-0.2, -0.15) is 0 Å². The largest absolute Gasteiger partial charge is 0.307 e. The molecule has 14 heavy (non-hydrogen) atoms. The van der Waals surface area contributed by atoms with Crippen molar-refractivity contribution in [1.82, 2.24) is 5.32 Å². The Balaban J connectivity index is 1.97. The Bertz CT molecular complexity index is 329. The molecule has 1 saturated carbocycles. The van der Waals surface area contributed by atoms with Crippen LogP contribution in [-0.4, -0.2) is 18.4 Å². The zero-order valence-corrected chi connectivity index (χ0v) is 8.20. The second kappa shape index (κ2) is 3.06. The van der Waals surface area contributed by atoms with Crippen LogP contribution in [0.3, 0.4) is 0 Å². The van der Waals surface area contributed by atoms with Crippen LogP contribution in [0.15, 0.2) is 23.8 Å². The smallest absolute Gasteiger partial charge is 0.176 e. The van der Waals surface area contributed by atoms with E-state index in [0.717, 1.165) is 18.5 Å². The molecule has 1 N–H and O–H groups in total. The third-order valence-electron chi connectivity index (χ3n) is 3.79. The summed E-state index contributed by atoms with van der Waals surface area (Å²) >= 11 is 0. The van der Waals surface area contributed by atoms with E-state index in [4.69, 9.17) is 0 Å². The topological polar surface area (TPSA) is 29.1 Å². The van der Waals surface area contributed by atoms with Gasteiger partial charge in [0.05, 0.1) is 6.04 Å². The number of piperidine rings is 1. The predicted octanol–water partition coefficient (Wildman–Crippen LogP) is 1.44. The Morgan fingerprint density at radius 3 is 3.29 bits per heavy atom. The molecule has 3 aliphatic rings. The van der Waals surface area contributed by atoms with Crippen molar-refractivity contribution >= 4 is 5.78 Å². The van der Waals surface area contributed by atoms with E-state index in [1.165, 1.54) is 12.8 Å². The highest BCUT2D eigenvalue weighted by atomic mass is 16.1. The van der Waals surface area contributed by atoms with Crippen LogP contribution < -0.4 is 5.32 Å². The molecule has 2 nitrogen and oxygen atoms in total. The number of allylic oxidation sites excluding steroid dienone is 3. The molecule has 1 heterocycles. The zero-order valence-electron chi connectivity index (χ0n) is 8.20. The number of Topliss-reactive ketones (excluding diaryl/α,β-unsaturated/α-hetero) is 1. The van der Waals surface area contributed by atoms with Crippen molar-refractivity contribution in [1.29, 1.82) is 0 Å². The van der Waals surface area contributed by atoms with Crippen LogP contribution in [0.4, 0.5) is 0 Å². The van der Waals surface area contributed by atoms with Gasteiger partial charge in [0, 0.05) is 5.57 Å². The molecule has 0 aromatic heterocycles. The lowest BCUT2D eigenvalue weighted by Crippen LogP contribution is -2.43. The molecular weight excluding hydrogens is 174 g/mol. The second-order valence-electron chi connectivity index (χ2n) is 4.49. The van der Waals surface area contributed by atoms with E-state index in [9.17, 15) is 4.79 Å². The average molecular weight is 189 g/mol. The predicted molar refractivity (Wildman–Crippen MR) is 54.9 cm³/mol. The summed E-state index contributed by atoms with van der Waals surface area (Å²) in [6.45, 7) is 1.01. The number of fused-ring (bicyclic) bond motifs is 3. The third kappa shape index (κ3) is 1.04. The van der Waals surface area contributed by atoms with Gasteiger partial charge in [0.15, 0.2) is 5.78 Å². The fourth-order valence-corrected chi connectivity index (χ4v) is 3.13. The first-order chi connectivity index (χ1) is 6.88. The summed E-state index contributed by atoms with van der Waals surface area (Å²) in [5.41, 5.74) is 1.08. The van der Waals surface area contributed by atoms with Gasteiger partial charge >= 0.3 is 0 Å². The summed E-state index contributed by atoms with van der Waals surface area (Å²) in [7, 11) is 0. The number of hydrogen-bond acceptors (Lipinski definition) is 2. The quantitative estimate of drug-likeness (QED) is 0.624. The van der Waals surface area contributed by atoms with Crippen LogP contribution in [-0.2, 0) is 4.79 Å². The molecule has 74 valence electrons. The molecule has 3 atom stereocenters. The molecule has 0 amide bonds. The molecule has 0 spiro atoms. The molecule has 0 aromatic carbocycles. The molecule has 1 aliphatic heterocycles. The first kappa shape index (κ1) is 8.42. The summed E-state index contributed by atoms with van der Waals surface area (Å²) < 4.78 is 0. The van der Waals surface area contributed by atoms with Crippen molar-refractivity contribution in [2.75, 3.05) is 6.54 Å². The Hall–Kier alpha value is -0.890. The Labute approximate surface area is 84.1 Å². The first-order valence-electron chi connectivity index (χ1n) is 5.52. The molecule has 0 bridgehead atoms. The second-order valence-corrected chi connectivity index (χ2v) is 4.49. The normalized spacial score (nSPS) is 40.4. The fraction of sp³-hybridized carbons (Fsp3) is 0.583. The summed E-state index contributed by atoms with van der Waals surface area (Å²) in [4.78, 5) is 12.0. The van der Waals surface area contributed by atoms with Gasteiger partial charge in [-0.3, -0.25) is 4.79 Å². The average Bonchev–Trinajstić information content (AvgIpc) is 2.55. The number of hydrogen-bond donors (Lipinski definition) is 1. The minimum Gasteiger partial charge on any atom is -0.307 e. The number of carbonyl (C=O) groups is 1. The third-order valence-corrected chi connectivity index (χ3v) is 3.79. The van der Waals surface area contributed by atoms with Gasteiger partial charge < -0.3 is 5.32 Å². The SMILES string of the molecule is O=C1C2=CC=CCC2C2CCCNC12. The maximum Gasteiger partial charge on any atom is 0.176 e. The lowest BCUT2D eigenvalue weighted by Gasteiger charge is -2.28. The van der Waals surface area contributed by atoms with Crippen molar-refractivity contribution in [3.8, 4) is 0 Å². The number of nitrogens with one attached hydrogen (secondary N) is 1. The summed E-state index contributed by atoms with van der Waals surface area (Å²) in [5.74, 6) is 1.46. The van der Waals surface area contributed by atoms with Gasteiger partial charge in [0.25, 0.3) is 0 Å². The minimum absolute atomic E-state index is 0.139. The number of ketones is 1. The fourth-order valence-electron chi connectivity index (χ4n) is 3.13. The van der Waals surface area contributed by atoms with Crippen LogP contribution in [0.2, 0.25) is 0 Å².